The molecular weight excluding hydrogens is 349 g/mol. The fraction of sp³-hybridized carbons (Fsp3) is 0.467. The first-order valence-corrected chi connectivity index (χ1v) is 7.43. The third-order valence-corrected chi connectivity index (χ3v) is 3.41. The second-order valence-electron chi connectivity index (χ2n) is 4.78. The summed E-state index contributed by atoms with van der Waals surface area (Å²) >= 11 is 6.03. The number of halogens is 4. The van der Waals surface area contributed by atoms with E-state index >= 15 is 0 Å². The largest absolute Gasteiger partial charge is 0.462 e. The summed E-state index contributed by atoms with van der Waals surface area (Å²) in [6, 6.07) is 1.84. The van der Waals surface area contributed by atoms with Gasteiger partial charge in [0.15, 0.2) is 0 Å². The van der Waals surface area contributed by atoms with Crippen LogP contribution in [-0.4, -0.2) is 31.9 Å². The van der Waals surface area contributed by atoms with Crippen LogP contribution in [-0.2, 0) is 22.3 Å². The molecular formula is C15H18ClF3N2O3. The first-order valence-electron chi connectivity index (χ1n) is 7.05. The van der Waals surface area contributed by atoms with Crippen LogP contribution in [0.25, 0.3) is 0 Å². The van der Waals surface area contributed by atoms with Crippen LogP contribution in [0.15, 0.2) is 17.3 Å². The van der Waals surface area contributed by atoms with Gasteiger partial charge in [-0.3, -0.25) is 0 Å². The van der Waals surface area contributed by atoms with Crippen LogP contribution in [0.3, 0.4) is 0 Å². The Morgan fingerprint density at radius 2 is 2.04 bits per heavy atom. The molecule has 1 N–H and O–H groups in total. The van der Waals surface area contributed by atoms with E-state index in [1.54, 1.807) is 13.8 Å². The van der Waals surface area contributed by atoms with Crippen molar-refractivity contribution in [3.05, 3.63) is 33.8 Å². The predicted octanol–water partition coefficient (Wildman–Crippen LogP) is 3.65. The minimum Gasteiger partial charge on any atom is -0.462 e. The van der Waals surface area contributed by atoms with Gasteiger partial charge in [0.1, 0.15) is 7.11 Å². The van der Waals surface area contributed by atoms with Crippen LogP contribution in [0.2, 0.25) is 5.02 Å². The lowest BCUT2D eigenvalue weighted by Gasteiger charge is -2.17. The second-order valence-corrected chi connectivity index (χ2v) is 5.16. The monoisotopic (exact) mass is 366 g/mol. The molecule has 1 rings (SSSR count). The average Bonchev–Trinajstić information content (AvgIpc) is 2.48. The fourth-order valence-corrected chi connectivity index (χ4v) is 2.29. The molecule has 1 aromatic carbocycles. The molecule has 0 spiro atoms. The number of alkyl halides is 3. The number of nitrogens with zero attached hydrogens (tertiary/aromatic N) is 1. The summed E-state index contributed by atoms with van der Waals surface area (Å²) in [5.74, 6) is -0.769. The molecule has 0 fully saturated rings. The van der Waals surface area contributed by atoms with Gasteiger partial charge in [0, 0.05) is 13.1 Å². The van der Waals surface area contributed by atoms with Gasteiger partial charge in [0.2, 0.25) is 0 Å². The van der Waals surface area contributed by atoms with E-state index in [-0.39, 0.29) is 35.8 Å². The zero-order valence-corrected chi connectivity index (χ0v) is 14.2. The van der Waals surface area contributed by atoms with Crippen LogP contribution in [0.5, 0.6) is 0 Å². The predicted molar refractivity (Wildman–Crippen MR) is 84.2 cm³/mol. The molecule has 0 aliphatic rings. The van der Waals surface area contributed by atoms with Crippen LogP contribution in [0.4, 0.5) is 13.2 Å². The molecule has 0 heterocycles. The number of ether oxygens (including phenoxy) is 1. The zero-order chi connectivity index (χ0) is 18.3. The van der Waals surface area contributed by atoms with Crippen molar-refractivity contribution in [3.63, 3.8) is 0 Å². The molecule has 1 aromatic rings. The number of rotatable bonds is 7. The Hall–Kier alpha value is -1.80. The van der Waals surface area contributed by atoms with Crippen LogP contribution in [0, 0.1) is 0 Å². The molecule has 0 bridgehead atoms. The summed E-state index contributed by atoms with van der Waals surface area (Å²) in [5.41, 5.74) is -0.691. The van der Waals surface area contributed by atoms with Crippen molar-refractivity contribution < 1.29 is 27.5 Å². The van der Waals surface area contributed by atoms with Crippen molar-refractivity contribution in [2.24, 2.45) is 5.16 Å². The highest BCUT2D eigenvalue weighted by molar-refractivity contribution is 6.34. The standard InChI is InChI=1S/C15H18ClF3N2O3/c1-4-24-14(22)10-5-6-12(15(17,18)19)11(13(10)16)8-20-7-9(2)21-23-3/h5-6,20H,4,7-8H2,1-3H3/b21-9-. The molecule has 0 aliphatic carbocycles. The molecule has 0 atom stereocenters. The van der Waals surface area contributed by atoms with E-state index in [9.17, 15) is 18.0 Å². The van der Waals surface area contributed by atoms with Crippen molar-refractivity contribution in [3.8, 4) is 0 Å². The lowest BCUT2D eigenvalue weighted by atomic mass is 10.0. The molecule has 9 heteroatoms. The minimum absolute atomic E-state index is 0.0937. The first-order chi connectivity index (χ1) is 11.2. The van der Waals surface area contributed by atoms with E-state index in [2.05, 4.69) is 15.3 Å². The smallest absolute Gasteiger partial charge is 0.416 e. The maximum absolute atomic E-state index is 13.2. The zero-order valence-electron chi connectivity index (χ0n) is 13.5. The quantitative estimate of drug-likeness (QED) is 0.454. The molecule has 0 saturated carbocycles. The molecule has 0 radical (unpaired) electrons. The van der Waals surface area contributed by atoms with E-state index in [1.807, 2.05) is 0 Å². The van der Waals surface area contributed by atoms with Crippen LogP contribution < -0.4 is 5.32 Å². The Kier molecular flexibility index (Phi) is 7.50. The Morgan fingerprint density at radius 1 is 1.38 bits per heavy atom. The molecule has 0 aliphatic heterocycles. The van der Waals surface area contributed by atoms with Crippen molar-refractivity contribution >= 4 is 23.3 Å². The van der Waals surface area contributed by atoms with Crippen molar-refractivity contribution in [1.82, 2.24) is 5.32 Å². The van der Waals surface area contributed by atoms with Gasteiger partial charge in [-0.25, -0.2) is 4.79 Å². The maximum Gasteiger partial charge on any atom is 0.416 e. The summed E-state index contributed by atoms with van der Waals surface area (Å²) in [6.45, 7) is 3.34. The first kappa shape index (κ1) is 20.2. The maximum atomic E-state index is 13.2. The lowest BCUT2D eigenvalue weighted by molar-refractivity contribution is -0.138. The molecule has 134 valence electrons. The van der Waals surface area contributed by atoms with Gasteiger partial charge < -0.3 is 14.9 Å². The summed E-state index contributed by atoms with van der Waals surface area (Å²) < 4.78 is 44.3. The Labute approximate surface area is 142 Å². The Morgan fingerprint density at radius 3 is 2.58 bits per heavy atom. The van der Waals surface area contributed by atoms with Crippen molar-refractivity contribution in [2.75, 3.05) is 20.3 Å². The Balaban J connectivity index is 3.14. The second kappa shape index (κ2) is 8.89. The number of nitrogens with one attached hydrogen (secondary N) is 1. The SMILES string of the molecule is CCOC(=O)c1ccc(C(F)(F)F)c(CNC/C(C)=N\OC)c1Cl. The van der Waals surface area contributed by atoms with Crippen LogP contribution >= 0.6 is 11.6 Å². The van der Waals surface area contributed by atoms with Gasteiger partial charge in [-0.2, -0.15) is 13.2 Å². The molecule has 24 heavy (non-hydrogen) atoms. The summed E-state index contributed by atoms with van der Waals surface area (Å²) in [5, 5.41) is 6.15. The van der Waals surface area contributed by atoms with Crippen molar-refractivity contribution in [1.29, 1.82) is 0 Å². The van der Waals surface area contributed by atoms with Gasteiger partial charge in [0.25, 0.3) is 0 Å². The number of hydrogen-bond donors (Lipinski definition) is 1. The highest BCUT2D eigenvalue weighted by Crippen LogP contribution is 2.36. The van der Waals surface area contributed by atoms with Gasteiger partial charge in [-0.1, -0.05) is 16.8 Å². The van der Waals surface area contributed by atoms with E-state index in [1.165, 1.54) is 7.11 Å². The number of hydrogen-bond acceptors (Lipinski definition) is 5. The number of carbonyl (C=O) groups is 1. The van der Waals surface area contributed by atoms with Gasteiger partial charge >= 0.3 is 12.1 Å². The van der Waals surface area contributed by atoms with E-state index in [4.69, 9.17) is 16.3 Å². The fourth-order valence-electron chi connectivity index (χ4n) is 1.98. The average molecular weight is 367 g/mol. The van der Waals surface area contributed by atoms with E-state index in [0.29, 0.717) is 5.71 Å². The van der Waals surface area contributed by atoms with Crippen molar-refractivity contribution in [2.45, 2.75) is 26.6 Å². The minimum atomic E-state index is -4.59. The highest BCUT2D eigenvalue weighted by Gasteiger charge is 2.35. The number of benzene rings is 1. The van der Waals surface area contributed by atoms with Crippen LogP contribution in [0.1, 0.15) is 35.3 Å². The van der Waals surface area contributed by atoms with E-state index in [0.717, 1.165) is 12.1 Å². The van der Waals surface area contributed by atoms with Gasteiger partial charge in [0.05, 0.1) is 28.5 Å². The lowest BCUT2D eigenvalue weighted by Crippen LogP contribution is -2.24. The van der Waals surface area contributed by atoms with Gasteiger partial charge in [-0.05, 0) is 31.5 Å². The summed E-state index contributed by atoms with van der Waals surface area (Å²) in [6.07, 6.45) is -4.59. The number of carbonyl (C=O) groups excluding carboxylic acids is 1. The summed E-state index contributed by atoms with van der Waals surface area (Å²) in [7, 11) is 1.37. The topological polar surface area (TPSA) is 59.9 Å². The molecule has 0 saturated heterocycles. The summed E-state index contributed by atoms with van der Waals surface area (Å²) in [4.78, 5) is 16.4. The van der Waals surface area contributed by atoms with Gasteiger partial charge in [-0.15, -0.1) is 0 Å². The normalized spacial score (nSPS) is 12.2. The molecule has 5 nitrogen and oxygen atoms in total. The third-order valence-electron chi connectivity index (χ3n) is 2.97. The Bertz CT molecular complexity index is 619. The third kappa shape index (κ3) is 5.38. The highest BCUT2D eigenvalue weighted by atomic mass is 35.5. The molecule has 0 unspecified atom stereocenters. The van der Waals surface area contributed by atoms with E-state index < -0.39 is 17.7 Å². The molecule has 0 amide bonds. The number of oxime groups is 1. The molecule has 0 aromatic heterocycles. The number of esters is 1.